The molecule has 3 aromatic rings. The smallest absolute Gasteiger partial charge is 0.426 e. The number of nitrogens with one attached hydrogen (secondary N) is 4. The summed E-state index contributed by atoms with van der Waals surface area (Å²) in [7, 11) is 4.20. The number of ether oxygens (including phenoxy) is 2. The van der Waals surface area contributed by atoms with E-state index in [0.717, 1.165) is 35.7 Å². The van der Waals surface area contributed by atoms with Gasteiger partial charge in [-0.2, -0.15) is 0 Å². The SMILES string of the molecule is CCCC(=O)OCN(C(=O)[C@@H](NC(=O)[C@H]1CCCCN1C)C(C)CC)C(CCc1nc(C(=O)N[C@@H](Cc2ccc(O)cc2)C[C@H](C)C(=O)NNC(=O)OCCSSc2ncccc2[N+](=O)[O-])cs1)C(C)C. The summed E-state index contributed by atoms with van der Waals surface area (Å²) in [5, 5.41) is 29.7. The number of nitrogens with zero attached hydrogens (tertiary/aromatic N) is 5. The normalized spacial score (nSPS) is 15.9. The number of thiazole rings is 1. The van der Waals surface area contributed by atoms with Crippen LogP contribution in [0.1, 0.15) is 114 Å². The summed E-state index contributed by atoms with van der Waals surface area (Å²) in [4.78, 5) is 103. The van der Waals surface area contributed by atoms with Crippen LogP contribution in [-0.2, 0) is 41.5 Å². The predicted octanol–water partition coefficient (Wildman–Crippen LogP) is 6.82. The van der Waals surface area contributed by atoms with Crippen molar-refractivity contribution in [1.29, 1.82) is 0 Å². The largest absolute Gasteiger partial charge is 0.508 e. The number of piperidine rings is 1. The maximum atomic E-state index is 14.7. The van der Waals surface area contributed by atoms with Gasteiger partial charge in [0.1, 0.15) is 24.1 Å². The molecule has 1 saturated heterocycles. The highest BCUT2D eigenvalue weighted by molar-refractivity contribution is 8.76. The minimum absolute atomic E-state index is 0.0559. The van der Waals surface area contributed by atoms with E-state index in [4.69, 9.17) is 9.47 Å². The number of amides is 5. The lowest BCUT2D eigenvalue weighted by molar-refractivity contribution is -0.388. The van der Waals surface area contributed by atoms with E-state index in [1.807, 2.05) is 46.6 Å². The number of rotatable bonds is 27. The lowest BCUT2D eigenvalue weighted by atomic mass is 9.93. The average molecular weight is 1040 g/mol. The topological polar surface area (TPSA) is 265 Å². The van der Waals surface area contributed by atoms with Crippen molar-refractivity contribution >= 4 is 74.3 Å². The van der Waals surface area contributed by atoms with E-state index >= 15 is 0 Å². The Morgan fingerprint density at radius 1 is 1.03 bits per heavy atom. The molecule has 3 heterocycles. The fourth-order valence-corrected chi connectivity index (χ4v) is 10.6. The Morgan fingerprint density at radius 3 is 2.45 bits per heavy atom. The molecule has 0 spiro atoms. The molecule has 2 unspecified atom stereocenters. The predicted molar refractivity (Wildman–Crippen MR) is 272 cm³/mol. The van der Waals surface area contributed by atoms with Gasteiger partial charge in [0.2, 0.25) is 17.7 Å². The molecule has 71 heavy (non-hydrogen) atoms. The number of phenolic OH excluding ortho intramolecular Hbond substituents is 1. The number of benzene rings is 1. The van der Waals surface area contributed by atoms with Crippen LogP contribution in [-0.4, -0.2) is 122 Å². The molecule has 1 aliphatic heterocycles. The summed E-state index contributed by atoms with van der Waals surface area (Å²) < 4.78 is 10.8. The van der Waals surface area contributed by atoms with E-state index in [-0.39, 0.29) is 83.8 Å². The maximum Gasteiger partial charge on any atom is 0.426 e. The molecular formula is C48H69N9O11S3. The molecule has 5 amide bonds. The summed E-state index contributed by atoms with van der Waals surface area (Å²) in [6.45, 7) is 11.8. The van der Waals surface area contributed by atoms with Gasteiger partial charge < -0.3 is 30.1 Å². The number of nitro groups is 1. The Hall–Kier alpha value is -5.52. The van der Waals surface area contributed by atoms with Crippen molar-refractivity contribution in [1.82, 2.24) is 41.3 Å². The van der Waals surface area contributed by atoms with E-state index in [2.05, 4.69) is 31.5 Å². The minimum Gasteiger partial charge on any atom is -0.508 e. The van der Waals surface area contributed by atoms with Gasteiger partial charge in [-0.05, 0) is 98.5 Å². The molecule has 0 aliphatic carbocycles. The number of carbonyl (C=O) groups is 6. The van der Waals surface area contributed by atoms with E-state index in [0.29, 0.717) is 43.5 Å². The number of carbonyl (C=O) groups excluding carboxylic acids is 6. The third-order valence-electron chi connectivity index (χ3n) is 12.2. The van der Waals surface area contributed by atoms with Crippen molar-refractivity contribution in [3.8, 4) is 5.75 Å². The Labute approximate surface area is 427 Å². The molecule has 1 fully saturated rings. The molecule has 4 rings (SSSR count). The quantitative estimate of drug-likeness (QED) is 0.0131. The van der Waals surface area contributed by atoms with Crippen LogP contribution in [0.3, 0.4) is 0 Å². The fraction of sp³-hybridized carbons (Fsp3) is 0.583. The lowest BCUT2D eigenvalue weighted by Gasteiger charge is -2.39. The number of pyridine rings is 1. The fourth-order valence-electron chi connectivity index (χ4n) is 7.93. The molecule has 1 aromatic carbocycles. The van der Waals surface area contributed by atoms with Gasteiger partial charge in [0, 0.05) is 54.2 Å². The zero-order valence-corrected chi connectivity index (χ0v) is 44.0. The Kier molecular flexibility index (Phi) is 24.3. The van der Waals surface area contributed by atoms with Crippen molar-refractivity contribution in [3.05, 3.63) is 74.4 Å². The highest BCUT2D eigenvalue weighted by Gasteiger charge is 2.38. The first-order chi connectivity index (χ1) is 33.9. The van der Waals surface area contributed by atoms with Gasteiger partial charge in [0.05, 0.1) is 16.0 Å². The van der Waals surface area contributed by atoms with Crippen LogP contribution in [0, 0.1) is 27.9 Å². The van der Waals surface area contributed by atoms with Crippen LogP contribution in [0.2, 0.25) is 0 Å². The number of aryl methyl sites for hydroxylation is 1. The highest BCUT2D eigenvalue weighted by Crippen LogP contribution is 2.35. The molecule has 5 N–H and O–H groups in total. The maximum absolute atomic E-state index is 14.7. The van der Waals surface area contributed by atoms with Gasteiger partial charge >= 0.3 is 17.7 Å². The summed E-state index contributed by atoms with van der Waals surface area (Å²) in [5.74, 6) is -2.63. The van der Waals surface area contributed by atoms with Gasteiger partial charge in [0.15, 0.2) is 11.8 Å². The zero-order chi connectivity index (χ0) is 52.0. The van der Waals surface area contributed by atoms with Crippen molar-refractivity contribution in [3.63, 3.8) is 0 Å². The monoisotopic (exact) mass is 1040 g/mol. The van der Waals surface area contributed by atoms with Gasteiger partial charge in [-0.15, -0.1) is 11.3 Å². The second kappa shape index (κ2) is 29.7. The number of esters is 1. The summed E-state index contributed by atoms with van der Waals surface area (Å²) in [6, 6.07) is 7.09. The summed E-state index contributed by atoms with van der Waals surface area (Å²) in [5.41, 5.74) is 5.38. The van der Waals surface area contributed by atoms with Crippen LogP contribution in [0.15, 0.2) is 53.0 Å². The number of aromatic nitrogens is 2. The number of phenols is 1. The second-order valence-electron chi connectivity index (χ2n) is 18.0. The molecule has 1 aliphatic rings. The molecule has 23 heteroatoms. The van der Waals surface area contributed by atoms with E-state index in [9.17, 15) is 44.0 Å². The van der Waals surface area contributed by atoms with Crippen LogP contribution < -0.4 is 21.5 Å². The van der Waals surface area contributed by atoms with Gasteiger partial charge in [-0.1, -0.05) is 77.3 Å². The van der Waals surface area contributed by atoms with Gasteiger partial charge in [-0.25, -0.2) is 20.2 Å². The number of hydrogen-bond acceptors (Lipinski definition) is 17. The van der Waals surface area contributed by atoms with Crippen LogP contribution in [0.25, 0.3) is 0 Å². The summed E-state index contributed by atoms with van der Waals surface area (Å²) >= 11 is 1.29. The average Bonchev–Trinajstić information content (AvgIpc) is 3.83. The molecule has 0 saturated carbocycles. The first kappa shape index (κ1) is 58.1. The standard InChI is InChI=1S/C48H69N9O11S3/c1-8-13-41(59)68-29-56(47(63)42(31(5)9-2)52-45(62)38-14-10-11-23-55(38)7)37(30(3)4)20-21-40-51-36(28-69-40)44(61)50-34(27-33-16-18-35(58)19-17-33)26-32(6)43(60)53-54-48(64)67-24-25-70-71-46-39(57(65)66)15-12-22-49-46/h12,15-19,22,28,30-32,34,37-38,42,58H,8-11,13-14,20-21,23-27,29H2,1-7H3,(H,50,61)(H,52,62)(H,53,60)(H,54,64)/t31?,32-,34+,37?,38+,42-/m0/s1. The second-order valence-corrected chi connectivity index (χ2v) is 21.3. The van der Waals surface area contributed by atoms with Crippen molar-refractivity contribution < 1.29 is 48.3 Å². The van der Waals surface area contributed by atoms with E-state index in [1.54, 1.807) is 29.3 Å². The number of likely N-dealkylation sites (N-methyl/N-ethyl adjacent to an activating group) is 1. The first-order valence-electron chi connectivity index (χ1n) is 24.0. The highest BCUT2D eigenvalue weighted by atomic mass is 33.1. The molecule has 0 bridgehead atoms. The zero-order valence-electron chi connectivity index (χ0n) is 41.6. The van der Waals surface area contributed by atoms with E-state index in [1.165, 1.54) is 52.6 Å². The van der Waals surface area contributed by atoms with Crippen molar-refractivity contribution in [2.24, 2.45) is 17.8 Å². The first-order valence-corrected chi connectivity index (χ1v) is 27.2. The Morgan fingerprint density at radius 2 is 1.77 bits per heavy atom. The van der Waals surface area contributed by atoms with Crippen LogP contribution in [0.5, 0.6) is 5.75 Å². The van der Waals surface area contributed by atoms with Gasteiger partial charge in [0.25, 0.3) is 5.91 Å². The summed E-state index contributed by atoms with van der Waals surface area (Å²) in [6.07, 6.45) is 5.82. The molecule has 6 atom stereocenters. The van der Waals surface area contributed by atoms with E-state index < -0.39 is 52.8 Å². The molecular weight excluding hydrogens is 975 g/mol. The van der Waals surface area contributed by atoms with Crippen LogP contribution >= 0.6 is 32.9 Å². The number of hydrogen-bond donors (Lipinski definition) is 5. The molecule has 2 aromatic heterocycles. The van der Waals surface area contributed by atoms with Crippen LogP contribution in [0.4, 0.5) is 10.5 Å². The minimum atomic E-state index is -0.912. The molecule has 20 nitrogen and oxygen atoms in total. The van der Waals surface area contributed by atoms with Crippen molar-refractivity contribution in [2.75, 3.05) is 32.7 Å². The molecule has 0 radical (unpaired) electrons. The number of likely N-dealkylation sites (tertiary alicyclic amines) is 1. The number of aromatic hydroxyl groups is 1. The Bertz CT molecular complexity index is 2240. The third-order valence-corrected chi connectivity index (χ3v) is 15.3. The number of hydrazine groups is 1. The Balaban J connectivity index is 1.40. The van der Waals surface area contributed by atoms with Crippen molar-refractivity contribution in [2.45, 2.75) is 135 Å². The third kappa shape index (κ3) is 18.9. The molecule has 390 valence electrons. The van der Waals surface area contributed by atoms with Gasteiger partial charge in [-0.3, -0.25) is 44.4 Å². The lowest BCUT2D eigenvalue weighted by Crippen LogP contribution is -2.59.